The van der Waals surface area contributed by atoms with Crippen LogP contribution in [0.4, 0.5) is 0 Å². The average molecular weight is 316 g/mol. The summed E-state index contributed by atoms with van der Waals surface area (Å²) < 4.78 is 23.8. The first-order valence-corrected chi connectivity index (χ1v) is 8.99. The zero-order valence-electron chi connectivity index (χ0n) is 11.2. The average Bonchev–Trinajstić information content (AvgIpc) is 2.46. The lowest BCUT2D eigenvalue weighted by Gasteiger charge is -2.04. The van der Waals surface area contributed by atoms with Gasteiger partial charge < -0.3 is 0 Å². The lowest BCUT2D eigenvalue weighted by Crippen LogP contribution is -1.99. The summed E-state index contributed by atoms with van der Waals surface area (Å²) in [5.41, 5.74) is 0.821. The summed E-state index contributed by atoms with van der Waals surface area (Å²) >= 11 is 1.52. The van der Waals surface area contributed by atoms with E-state index < -0.39 is 9.84 Å². The van der Waals surface area contributed by atoms with E-state index in [1.807, 2.05) is 24.3 Å². The van der Waals surface area contributed by atoms with Gasteiger partial charge in [0.25, 0.3) is 0 Å². The first kappa shape index (κ1) is 14.0. The van der Waals surface area contributed by atoms with Crippen molar-refractivity contribution in [1.82, 2.24) is 0 Å². The second kappa shape index (κ2) is 5.09. The quantitative estimate of drug-likeness (QED) is 0.728. The molecule has 106 valence electrons. The number of hydrogen-bond acceptors (Lipinski definition) is 4. The van der Waals surface area contributed by atoms with Gasteiger partial charge in [0.1, 0.15) is 0 Å². The fourth-order valence-corrected chi connectivity index (χ4v) is 3.83. The monoisotopic (exact) mass is 316 g/mol. The van der Waals surface area contributed by atoms with Gasteiger partial charge in [0.15, 0.2) is 15.3 Å². The Labute approximate surface area is 126 Å². The molecule has 3 aromatic rings. The van der Waals surface area contributed by atoms with Gasteiger partial charge >= 0.3 is 0 Å². The summed E-state index contributed by atoms with van der Waals surface area (Å²) in [6.07, 6.45) is 1.18. The number of hydrogen-bond donors (Lipinski definition) is 0. The molecule has 0 aliphatic heterocycles. The fourth-order valence-electron chi connectivity index (χ4n) is 2.11. The van der Waals surface area contributed by atoms with Crippen molar-refractivity contribution in [2.45, 2.75) is 4.90 Å². The third kappa shape index (κ3) is 2.75. The topological polar surface area (TPSA) is 51.2 Å². The van der Waals surface area contributed by atoms with E-state index in [1.54, 1.807) is 30.3 Å². The lowest BCUT2D eigenvalue weighted by atomic mass is 10.2. The van der Waals surface area contributed by atoms with Crippen LogP contribution in [0, 0.1) is 0 Å². The van der Waals surface area contributed by atoms with Crippen LogP contribution in [0.1, 0.15) is 0 Å². The van der Waals surface area contributed by atoms with E-state index in [9.17, 15) is 13.2 Å². The lowest BCUT2D eigenvalue weighted by molar-refractivity contribution is 0.602. The van der Waals surface area contributed by atoms with Crippen LogP contribution < -0.4 is 5.43 Å². The molecular weight excluding hydrogens is 304 g/mol. The van der Waals surface area contributed by atoms with Crippen molar-refractivity contribution in [3.63, 3.8) is 0 Å². The maximum Gasteiger partial charge on any atom is 0.188 e. The molecule has 0 spiro atoms. The van der Waals surface area contributed by atoms with Crippen LogP contribution in [0.5, 0.6) is 0 Å². The second-order valence-electron chi connectivity index (χ2n) is 4.77. The number of rotatable bonds is 2. The third-order valence-electron chi connectivity index (χ3n) is 3.20. The Kier molecular flexibility index (Phi) is 3.39. The van der Waals surface area contributed by atoms with E-state index >= 15 is 0 Å². The van der Waals surface area contributed by atoms with Gasteiger partial charge in [-0.1, -0.05) is 24.3 Å². The molecule has 5 heteroatoms. The molecule has 0 fully saturated rings. The molecule has 3 rings (SSSR count). The van der Waals surface area contributed by atoms with Crippen LogP contribution >= 0.6 is 11.3 Å². The molecule has 0 unspecified atom stereocenters. The Bertz CT molecular complexity index is 968. The van der Waals surface area contributed by atoms with E-state index in [-0.39, 0.29) is 10.3 Å². The number of benzene rings is 2. The van der Waals surface area contributed by atoms with E-state index in [4.69, 9.17) is 0 Å². The Hall–Kier alpha value is -1.98. The van der Waals surface area contributed by atoms with Crippen molar-refractivity contribution < 1.29 is 8.42 Å². The molecule has 0 atom stereocenters. The van der Waals surface area contributed by atoms with Crippen LogP contribution in [-0.2, 0) is 9.84 Å². The Balaban J connectivity index is 2.15. The molecule has 3 nitrogen and oxygen atoms in total. The van der Waals surface area contributed by atoms with E-state index in [2.05, 4.69) is 0 Å². The van der Waals surface area contributed by atoms with Gasteiger partial charge in [-0.15, -0.1) is 11.3 Å². The Morgan fingerprint density at radius 1 is 0.952 bits per heavy atom. The van der Waals surface area contributed by atoms with Crippen molar-refractivity contribution in [1.29, 1.82) is 0 Å². The molecule has 1 heterocycles. The summed E-state index contributed by atoms with van der Waals surface area (Å²) in [7, 11) is -3.20. The van der Waals surface area contributed by atoms with Gasteiger partial charge in [-0.05, 0) is 29.8 Å². The number of fused-ring (bicyclic) bond motifs is 1. The summed E-state index contributed by atoms with van der Waals surface area (Å²) in [5, 5.41) is 0.707. The predicted molar refractivity (Wildman–Crippen MR) is 86.6 cm³/mol. The van der Waals surface area contributed by atoms with Crippen molar-refractivity contribution >= 4 is 31.3 Å². The first-order valence-electron chi connectivity index (χ1n) is 6.28. The standard InChI is InChI=1S/C16H12O3S2/c1-21(18,19)12-8-6-11(7-9-12)16-10-14(17)13-4-2-3-5-15(13)20-16/h2-10H,1H3. The molecular formula is C16H12O3S2. The summed E-state index contributed by atoms with van der Waals surface area (Å²) in [5.74, 6) is 0. The fraction of sp³-hybridized carbons (Fsp3) is 0.0625. The van der Waals surface area contributed by atoms with E-state index in [0.29, 0.717) is 5.39 Å². The van der Waals surface area contributed by atoms with Gasteiger partial charge in [0.05, 0.1) is 4.90 Å². The van der Waals surface area contributed by atoms with Crippen LogP contribution in [0.3, 0.4) is 0 Å². The van der Waals surface area contributed by atoms with E-state index in [0.717, 1.165) is 15.1 Å². The molecule has 21 heavy (non-hydrogen) atoms. The van der Waals surface area contributed by atoms with Crippen LogP contribution in [-0.4, -0.2) is 14.7 Å². The van der Waals surface area contributed by atoms with Crippen molar-refractivity contribution in [2.24, 2.45) is 0 Å². The summed E-state index contributed by atoms with van der Waals surface area (Å²) in [4.78, 5) is 13.2. The predicted octanol–water partition coefficient (Wildman–Crippen LogP) is 3.33. The molecule has 0 amide bonds. The van der Waals surface area contributed by atoms with Crippen LogP contribution in [0.2, 0.25) is 0 Å². The van der Waals surface area contributed by atoms with Crippen molar-refractivity contribution in [3.05, 3.63) is 64.8 Å². The molecule has 0 saturated carbocycles. The summed E-state index contributed by atoms with van der Waals surface area (Å²) in [6, 6.07) is 15.7. The smallest absolute Gasteiger partial charge is 0.188 e. The Morgan fingerprint density at radius 3 is 2.29 bits per heavy atom. The maximum atomic E-state index is 12.1. The molecule has 0 N–H and O–H groups in total. The van der Waals surface area contributed by atoms with Crippen molar-refractivity contribution in [2.75, 3.05) is 6.26 Å². The minimum absolute atomic E-state index is 0.0217. The highest BCUT2D eigenvalue weighted by atomic mass is 32.2. The molecule has 0 aliphatic carbocycles. The zero-order valence-corrected chi connectivity index (χ0v) is 12.9. The molecule has 0 saturated heterocycles. The highest BCUT2D eigenvalue weighted by Crippen LogP contribution is 2.28. The molecule has 2 aromatic carbocycles. The molecule has 0 bridgehead atoms. The molecule has 1 aromatic heterocycles. The van der Waals surface area contributed by atoms with Gasteiger partial charge in [-0.2, -0.15) is 0 Å². The minimum atomic E-state index is -3.20. The molecule has 0 aliphatic rings. The number of sulfone groups is 1. The normalized spacial score (nSPS) is 11.7. The first-order chi connectivity index (χ1) is 9.95. The maximum absolute atomic E-state index is 12.1. The highest BCUT2D eigenvalue weighted by molar-refractivity contribution is 7.90. The van der Waals surface area contributed by atoms with Crippen LogP contribution in [0.25, 0.3) is 20.5 Å². The van der Waals surface area contributed by atoms with E-state index in [1.165, 1.54) is 17.6 Å². The van der Waals surface area contributed by atoms with Crippen LogP contribution in [0.15, 0.2) is 64.3 Å². The second-order valence-corrected chi connectivity index (χ2v) is 7.87. The third-order valence-corrected chi connectivity index (χ3v) is 5.48. The summed E-state index contributed by atoms with van der Waals surface area (Å²) in [6.45, 7) is 0. The zero-order chi connectivity index (χ0) is 15.0. The minimum Gasteiger partial charge on any atom is -0.289 e. The van der Waals surface area contributed by atoms with Gasteiger partial charge in [-0.25, -0.2) is 8.42 Å². The van der Waals surface area contributed by atoms with Crippen molar-refractivity contribution in [3.8, 4) is 10.4 Å². The Morgan fingerprint density at radius 2 is 1.62 bits per heavy atom. The largest absolute Gasteiger partial charge is 0.289 e. The molecule has 0 radical (unpaired) electrons. The van der Waals surface area contributed by atoms with Gasteiger partial charge in [0.2, 0.25) is 0 Å². The van der Waals surface area contributed by atoms with Gasteiger partial charge in [0, 0.05) is 27.3 Å². The SMILES string of the molecule is CS(=O)(=O)c1ccc(-c2cc(=O)c3ccccc3s2)cc1. The van der Waals surface area contributed by atoms with Gasteiger partial charge in [-0.3, -0.25) is 4.79 Å². The highest BCUT2D eigenvalue weighted by Gasteiger charge is 2.08.